The summed E-state index contributed by atoms with van der Waals surface area (Å²) in [6.07, 6.45) is 3.76. The third-order valence-electron chi connectivity index (χ3n) is 2.40. The summed E-state index contributed by atoms with van der Waals surface area (Å²) in [6.45, 7) is 23.7. The van der Waals surface area contributed by atoms with Gasteiger partial charge in [0.15, 0.2) is 0 Å². The highest BCUT2D eigenvalue weighted by atomic mass is 14.8. The van der Waals surface area contributed by atoms with Crippen LogP contribution < -0.4 is 5.32 Å². The first-order valence-electron chi connectivity index (χ1n) is 9.60. The lowest BCUT2D eigenvalue weighted by molar-refractivity contribution is 0.398. The first-order chi connectivity index (χ1) is 10.9. The van der Waals surface area contributed by atoms with Crippen LogP contribution in [0.1, 0.15) is 88.5 Å². The maximum atomic E-state index is 3.20. The van der Waals surface area contributed by atoms with Crippen molar-refractivity contribution in [2.24, 2.45) is 5.41 Å². The van der Waals surface area contributed by atoms with Gasteiger partial charge in [0.05, 0.1) is 0 Å². The van der Waals surface area contributed by atoms with E-state index in [9.17, 15) is 0 Å². The van der Waals surface area contributed by atoms with Gasteiger partial charge in [0.1, 0.15) is 0 Å². The molecule has 1 aromatic rings. The van der Waals surface area contributed by atoms with E-state index < -0.39 is 0 Å². The molecule has 23 heavy (non-hydrogen) atoms. The number of nitrogens with one attached hydrogen (secondary N) is 1. The molecule has 140 valence electrons. The zero-order chi connectivity index (χ0) is 19.0. The fourth-order valence-electron chi connectivity index (χ4n) is 0.738. The van der Waals surface area contributed by atoms with Crippen LogP contribution >= 0.6 is 0 Å². The van der Waals surface area contributed by atoms with Gasteiger partial charge in [-0.15, -0.1) is 0 Å². The predicted octanol–water partition coefficient (Wildman–Crippen LogP) is 7.58. The number of hydrogen-bond acceptors (Lipinski definition) is 1. The van der Waals surface area contributed by atoms with Crippen molar-refractivity contribution in [1.29, 1.82) is 0 Å². The highest BCUT2D eigenvalue weighted by Gasteiger charge is 2.03. The van der Waals surface area contributed by atoms with E-state index in [0.717, 1.165) is 13.1 Å². The zero-order valence-corrected chi connectivity index (χ0v) is 18.0. The summed E-state index contributed by atoms with van der Waals surface area (Å²) in [5.74, 6) is 0. The van der Waals surface area contributed by atoms with Crippen molar-refractivity contribution >= 4 is 0 Å². The second kappa shape index (κ2) is 29.2. The SMILES string of the molecule is CC.CCC.CCC(C)(C)C.CCCNCC.c1ccccc1. The van der Waals surface area contributed by atoms with E-state index in [1.807, 2.05) is 50.2 Å². The standard InChI is InChI=1S/C6H6.C6H14.C5H13N.C3H8.C2H6/c1-2-4-6-5-3-1;1-5-6(2,3)4;1-3-5-6-4-2;1-3-2;1-2/h1-6H;5H2,1-4H3;6H,3-5H2,1-2H3;3H2,1-2H3;1-2H3. The lowest BCUT2D eigenvalue weighted by Crippen LogP contribution is -2.12. The quantitative estimate of drug-likeness (QED) is 0.565. The van der Waals surface area contributed by atoms with Gasteiger partial charge in [0, 0.05) is 0 Å². The summed E-state index contributed by atoms with van der Waals surface area (Å²) >= 11 is 0. The Labute approximate surface area is 149 Å². The summed E-state index contributed by atoms with van der Waals surface area (Å²) in [7, 11) is 0. The van der Waals surface area contributed by atoms with E-state index in [4.69, 9.17) is 0 Å². The zero-order valence-electron chi connectivity index (χ0n) is 18.0. The highest BCUT2D eigenvalue weighted by molar-refractivity contribution is 4.99. The molecule has 0 saturated carbocycles. The van der Waals surface area contributed by atoms with Gasteiger partial charge in [-0.3, -0.25) is 0 Å². The molecule has 0 aliphatic rings. The molecule has 1 rings (SSSR count). The van der Waals surface area contributed by atoms with Crippen LogP contribution in [0, 0.1) is 5.41 Å². The molecule has 0 unspecified atom stereocenters. The summed E-state index contributed by atoms with van der Waals surface area (Å²) < 4.78 is 0. The second-order valence-corrected chi connectivity index (χ2v) is 6.13. The molecule has 1 heteroatoms. The van der Waals surface area contributed by atoms with E-state index >= 15 is 0 Å². The summed E-state index contributed by atoms with van der Waals surface area (Å²) in [6, 6.07) is 12.0. The van der Waals surface area contributed by atoms with Crippen LogP contribution in [0.5, 0.6) is 0 Å². The Bertz CT molecular complexity index is 205. The van der Waals surface area contributed by atoms with Crippen LogP contribution in [0.15, 0.2) is 36.4 Å². The van der Waals surface area contributed by atoms with Crippen LogP contribution in [0.4, 0.5) is 0 Å². The van der Waals surface area contributed by atoms with E-state index in [0.29, 0.717) is 5.41 Å². The first-order valence-corrected chi connectivity index (χ1v) is 9.60. The molecular weight excluding hydrogens is 278 g/mol. The van der Waals surface area contributed by atoms with E-state index in [1.165, 1.54) is 19.3 Å². The van der Waals surface area contributed by atoms with E-state index in [1.54, 1.807) is 0 Å². The molecule has 0 aromatic heterocycles. The van der Waals surface area contributed by atoms with Crippen molar-refractivity contribution in [3.05, 3.63) is 36.4 Å². The maximum Gasteiger partial charge on any atom is -0.00517 e. The highest BCUT2D eigenvalue weighted by Crippen LogP contribution is 2.16. The van der Waals surface area contributed by atoms with Crippen molar-refractivity contribution in [2.75, 3.05) is 13.1 Å². The molecule has 0 spiro atoms. The van der Waals surface area contributed by atoms with Crippen LogP contribution in [0.2, 0.25) is 0 Å². The van der Waals surface area contributed by atoms with Gasteiger partial charge in [-0.25, -0.2) is 0 Å². The average Bonchev–Trinajstić information content (AvgIpc) is 2.57. The van der Waals surface area contributed by atoms with Gasteiger partial charge in [0.2, 0.25) is 0 Å². The van der Waals surface area contributed by atoms with Gasteiger partial charge in [-0.2, -0.15) is 0 Å². The monoisotopic (exact) mass is 325 g/mol. The van der Waals surface area contributed by atoms with Crippen molar-refractivity contribution in [3.8, 4) is 0 Å². The fourth-order valence-corrected chi connectivity index (χ4v) is 0.738. The Kier molecular flexibility index (Phi) is 38.2. The molecule has 0 atom stereocenters. The van der Waals surface area contributed by atoms with Crippen LogP contribution in [0.3, 0.4) is 0 Å². The number of rotatable bonds is 3. The summed E-state index contributed by atoms with van der Waals surface area (Å²) in [5, 5.41) is 3.20. The van der Waals surface area contributed by atoms with Crippen LogP contribution in [-0.2, 0) is 0 Å². The minimum Gasteiger partial charge on any atom is -0.317 e. The first kappa shape index (κ1) is 30.1. The topological polar surface area (TPSA) is 12.0 Å². The van der Waals surface area contributed by atoms with Gasteiger partial charge in [-0.1, -0.05) is 118 Å². The van der Waals surface area contributed by atoms with E-state index in [-0.39, 0.29) is 0 Å². The number of hydrogen-bond donors (Lipinski definition) is 1. The van der Waals surface area contributed by atoms with Gasteiger partial charge >= 0.3 is 0 Å². The van der Waals surface area contributed by atoms with Gasteiger partial charge < -0.3 is 5.32 Å². The van der Waals surface area contributed by atoms with Crippen molar-refractivity contribution < 1.29 is 0 Å². The second-order valence-electron chi connectivity index (χ2n) is 6.13. The Morgan fingerprint density at radius 1 is 0.696 bits per heavy atom. The normalized spacial score (nSPS) is 8.61. The largest absolute Gasteiger partial charge is 0.317 e. The molecule has 0 saturated heterocycles. The van der Waals surface area contributed by atoms with E-state index in [2.05, 4.69) is 60.7 Å². The lowest BCUT2D eigenvalue weighted by Gasteiger charge is -2.12. The Morgan fingerprint density at radius 2 is 0.957 bits per heavy atom. The van der Waals surface area contributed by atoms with Crippen molar-refractivity contribution in [3.63, 3.8) is 0 Å². The molecule has 0 radical (unpaired) electrons. The molecule has 1 nitrogen and oxygen atoms in total. The smallest absolute Gasteiger partial charge is 0.00517 e. The van der Waals surface area contributed by atoms with Gasteiger partial charge in [-0.05, 0) is 24.9 Å². The maximum absolute atomic E-state index is 3.20. The summed E-state index contributed by atoms with van der Waals surface area (Å²) in [5.41, 5.74) is 0.542. The molecule has 0 fully saturated rings. The third kappa shape index (κ3) is 62.3. The number of benzene rings is 1. The molecule has 1 aromatic carbocycles. The summed E-state index contributed by atoms with van der Waals surface area (Å²) in [4.78, 5) is 0. The Morgan fingerprint density at radius 3 is 1.04 bits per heavy atom. The molecule has 0 heterocycles. The minimum absolute atomic E-state index is 0.542. The van der Waals surface area contributed by atoms with Crippen LogP contribution in [0.25, 0.3) is 0 Å². The molecule has 1 N–H and O–H groups in total. The van der Waals surface area contributed by atoms with Crippen molar-refractivity contribution in [1.82, 2.24) is 5.32 Å². The van der Waals surface area contributed by atoms with Crippen molar-refractivity contribution in [2.45, 2.75) is 88.5 Å². The Balaban J connectivity index is -0.000000103. The fraction of sp³-hybridized carbons (Fsp3) is 0.727. The Hall–Kier alpha value is -0.820. The molecule has 0 aliphatic carbocycles. The minimum atomic E-state index is 0.542. The molecular formula is C22H47N. The lowest BCUT2D eigenvalue weighted by atomic mass is 9.94. The molecule has 0 bridgehead atoms. The van der Waals surface area contributed by atoms with Gasteiger partial charge in [0.25, 0.3) is 0 Å². The van der Waals surface area contributed by atoms with Crippen LogP contribution in [-0.4, -0.2) is 13.1 Å². The molecule has 0 aliphatic heterocycles. The average molecular weight is 326 g/mol. The third-order valence-corrected chi connectivity index (χ3v) is 2.40. The predicted molar refractivity (Wildman–Crippen MR) is 112 cm³/mol. The molecule has 0 amide bonds.